The first-order valence-corrected chi connectivity index (χ1v) is 12.2. The number of nitrogens with zero attached hydrogens (tertiary/aromatic N) is 3. The average molecular weight is 495 g/mol. The lowest BCUT2D eigenvalue weighted by Gasteiger charge is -2.19. The standard InChI is InChI=1S/C23H22F4N4O2S/c1-13-7-10-19-20(21(13)24)17(11-28)22(31(19)15-5-3-4-6-15)18-9-8-16(12-29-18)34(32,33)30-14(2)23(25,26)27/h7-10,12,14-15,30H,3-6H2,1-2H3/t14-/m0/s1. The van der Waals surface area contributed by atoms with Crippen molar-refractivity contribution in [2.45, 2.75) is 62.7 Å². The predicted octanol–water partition coefficient (Wildman–Crippen LogP) is 5.37. The average Bonchev–Trinajstić information content (AvgIpc) is 3.41. The molecule has 1 N–H and O–H groups in total. The van der Waals surface area contributed by atoms with Crippen LogP contribution in [-0.2, 0) is 10.0 Å². The fraction of sp³-hybridized carbons (Fsp3) is 0.391. The number of sulfonamides is 1. The molecule has 0 amide bonds. The van der Waals surface area contributed by atoms with Crippen molar-refractivity contribution in [3.8, 4) is 17.5 Å². The van der Waals surface area contributed by atoms with E-state index in [9.17, 15) is 26.9 Å². The van der Waals surface area contributed by atoms with Crippen LogP contribution in [-0.4, -0.2) is 30.2 Å². The molecular weight excluding hydrogens is 472 g/mol. The van der Waals surface area contributed by atoms with Crippen LogP contribution in [0.3, 0.4) is 0 Å². The van der Waals surface area contributed by atoms with E-state index in [1.807, 2.05) is 4.57 Å². The van der Waals surface area contributed by atoms with Crippen molar-refractivity contribution in [2.75, 3.05) is 0 Å². The largest absolute Gasteiger partial charge is 0.404 e. The van der Waals surface area contributed by atoms with Gasteiger partial charge in [-0.1, -0.05) is 18.9 Å². The van der Waals surface area contributed by atoms with Gasteiger partial charge in [0.05, 0.1) is 27.9 Å². The Morgan fingerprint density at radius 1 is 1.21 bits per heavy atom. The van der Waals surface area contributed by atoms with Gasteiger partial charge in [0.1, 0.15) is 22.8 Å². The summed E-state index contributed by atoms with van der Waals surface area (Å²) in [4.78, 5) is 3.73. The quantitative estimate of drug-likeness (QED) is 0.484. The predicted molar refractivity (Wildman–Crippen MR) is 118 cm³/mol. The number of aryl methyl sites for hydroxylation is 1. The second-order valence-corrected chi connectivity index (χ2v) is 10.2. The van der Waals surface area contributed by atoms with Crippen molar-refractivity contribution in [1.82, 2.24) is 14.3 Å². The Kier molecular flexibility index (Phi) is 6.16. The molecule has 2 heterocycles. The van der Waals surface area contributed by atoms with Gasteiger partial charge in [-0.2, -0.15) is 23.2 Å². The lowest BCUT2D eigenvalue weighted by atomic mass is 10.1. The maximum absolute atomic E-state index is 15.1. The molecule has 2 aromatic heterocycles. The van der Waals surface area contributed by atoms with E-state index in [4.69, 9.17) is 0 Å². The number of fused-ring (bicyclic) bond motifs is 1. The summed E-state index contributed by atoms with van der Waals surface area (Å²) in [5.74, 6) is -0.503. The molecule has 1 aromatic carbocycles. The van der Waals surface area contributed by atoms with Crippen LogP contribution in [0.2, 0.25) is 0 Å². The summed E-state index contributed by atoms with van der Waals surface area (Å²) in [6.07, 6.45) is -0.167. The van der Waals surface area contributed by atoms with Gasteiger partial charge in [-0.15, -0.1) is 0 Å². The number of pyridine rings is 1. The Morgan fingerprint density at radius 2 is 1.88 bits per heavy atom. The van der Waals surface area contributed by atoms with Gasteiger partial charge >= 0.3 is 6.18 Å². The third kappa shape index (κ3) is 4.16. The number of hydrogen-bond donors (Lipinski definition) is 1. The second kappa shape index (κ2) is 8.67. The normalized spacial score (nSPS) is 16.1. The van der Waals surface area contributed by atoms with E-state index < -0.39 is 33.0 Å². The molecule has 0 unspecified atom stereocenters. The first-order valence-electron chi connectivity index (χ1n) is 10.7. The minimum absolute atomic E-state index is 0.0150. The van der Waals surface area contributed by atoms with Crippen molar-refractivity contribution in [2.24, 2.45) is 0 Å². The van der Waals surface area contributed by atoms with Crippen LogP contribution in [0.5, 0.6) is 0 Å². The lowest BCUT2D eigenvalue weighted by molar-refractivity contribution is -0.147. The third-order valence-corrected chi connectivity index (χ3v) is 7.74. The summed E-state index contributed by atoms with van der Waals surface area (Å²) in [7, 11) is -4.48. The number of halogens is 4. The molecule has 1 fully saturated rings. The van der Waals surface area contributed by atoms with E-state index in [1.165, 1.54) is 6.07 Å². The highest BCUT2D eigenvalue weighted by Gasteiger charge is 2.39. The van der Waals surface area contributed by atoms with Gasteiger partial charge in [-0.25, -0.2) is 12.8 Å². The van der Waals surface area contributed by atoms with Crippen LogP contribution in [0, 0.1) is 24.1 Å². The van der Waals surface area contributed by atoms with Crippen LogP contribution in [0.4, 0.5) is 17.6 Å². The van der Waals surface area contributed by atoms with Gasteiger partial charge in [-0.3, -0.25) is 4.98 Å². The molecule has 1 saturated carbocycles. The second-order valence-electron chi connectivity index (χ2n) is 8.50. The summed E-state index contributed by atoms with van der Waals surface area (Å²) >= 11 is 0. The molecule has 3 aromatic rings. The minimum Gasteiger partial charge on any atom is -0.335 e. The zero-order valence-electron chi connectivity index (χ0n) is 18.4. The summed E-state index contributed by atoms with van der Waals surface area (Å²) in [5.41, 5.74) is 1.64. The summed E-state index contributed by atoms with van der Waals surface area (Å²) < 4.78 is 81.8. The molecular formula is C23H22F4N4O2S. The smallest absolute Gasteiger partial charge is 0.335 e. The van der Waals surface area contributed by atoms with Crippen molar-refractivity contribution >= 4 is 20.9 Å². The SMILES string of the molecule is Cc1ccc2c(c1F)c(C#N)c(-c1ccc(S(=O)(=O)N[C@@H](C)C(F)(F)F)cn1)n2C1CCCC1. The molecule has 34 heavy (non-hydrogen) atoms. The van der Waals surface area contributed by atoms with Crippen LogP contribution in [0.15, 0.2) is 35.4 Å². The van der Waals surface area contributed by atoms with Crippen molar-refractivity contribution in [3.05, 3.63) is 47.4 Å². The highest BCUT2D eigenvalue weighted by molar-refractivity contribution is 7.89. The fourth-order valence-electron chi connectivity index (χ4n) is 4.42. The van der Waals surface area contributed by atoms with E-state index in [0.29, 0.717) is 23.7 Å². The van der Waals surface area contributed by atoms with Gasteiger partial charge in [0.25, 0.3) is 0 Å². The van der Waals surface area contributed by atoms with Gasteiger partial charge in [0.15, 0.2) is 0 Å². The molecule has 1 aliphatic carbocycles. The summed E-state index contributed by atoms with van der Waals surface area (Å²) in [6.45, 7) is 2.31. The first kappa shape index (κ1) is 24.2. The highest BCUT2D eigenvalue weighted by atomic mass is 32.2. The topological polar surface area (TPSA) is 87.8 Å². The van der Waals surface area contributed by atoms with Crippen molar-refractivity contribution in [3.63, 3.8) is 0 Å². The maximum Gasteiger partial charge on any atom is 0.404 e. The van der Waals surface area contributed by atoms with E-state index in [-0.39, 0.29) is 22.7 Å². The Hall–Kier alpha value is -2.97. The van der Waals surface area contributed by atoms with Crippen molar-refractivity contribution in [1.29, 1.82) is 5.26 Å². The molecule has 0 saturated heterocycles. The Balaban J connectivity index is 1.85. The molecule has 0 radical (unpaired) electrons. The summed E-state index contributed by atoms with van der Waals surface area (Å²) in [6, 6.07) is 5.68. The Labute approximate surface area is 194 Å². The van der Waals surface area contributed by atoms with E-state index >= 15 is 4.39 Å². The number of rotatable bonds is 5. The molecule has 11 heteroatoms. The molecule has 180 valence electrons. The number of nitrogens with one attached hydrogen (secondary N) is 1. The number of nitriles is 1. The Morgan fingerprint density at radius 3 is 2.44 bits per heavy atom. The lowest BCUT2D eigenvalue weighted by Crippen LogP contribution is -2.42. The molecule has 0 spiro atoms. The van der Waals surface area contributed by atoms with Gasteiger partial charge in [0, 0.05) is 12.2 Å². The minimum atomic E-state index is -4.74. The number of aromatic nitrogens is 2. The monoisotopic (exact) mass is 494 g/mol. The van der Waals surface area contributed by atoms with E-state index in [1.54, 1.807) is 23.8 Å². The Bertz CT molecular complexity index is 1380. The van der Waals surface area contributed by atoms with Gasteiger partial charge in [0.2, 0.25) is 10.0 Å². The molecule has 0 bridgehead atoms. The molecule has 6 nitrogen and oxygen atoms in total. The van der Waals surface area contributed by atoms with Crippen LogP contribution in [0.25, 0.3) is 22.3 Å². The molecule has 1 aliphatic rings. The summed E-state index contributed by atoms with van der Waals surface area (Å²) in [5, 5.41) is 10.1. The molecule has 0 aliphatic heterocycles. The van der Waals surface area contributed by atoms with E-state index in [2.05, 4.69) is 11.1 Å². The first-order chi connectivity index (χ1) is 16.0. The number of alkyl halides is 3. The third-order valence-electron chi connectivity index (χ3n) is 6.21. The van der Waals surface area contributed by atoms with Crippen molar-refractivity contribution < 1.29 is 26.0 Å². The van der Waals surface area contributed by atoms with Gasteiger partial charge < -0.3 is 4.57 Å². The maximum atomic E-state index is 15.1. The number of hydrogen-bond acceptors (Lipinski definition) is 4. The van der Waals surface area contributed by atoms with Crippen LogP contribution in [0.1, 0.15) is 49.8 Å². The van der Waals surface area contributed by atoms with Crippen LogP contribution < -0.4 is 4.72 Å². The zero-order chi connectivity index (χ0) is 24.8. The molecule has 4 rings (SSSR count). The highest BCUT2D eigenvalue weighted by Crippen LogP contribution is 2.42. The van der Waals surface area contributed by atoms with Crippen LogP contribution >= 0.6 is 0 Å². The van der Waals surface area contributed by atoms with E-state index in [0.717, 1.165) is 37.9 Å². The fourth-order valence-corrected chi connectivity index (χ4v) is 5.59. The number of benzene rings is 1. The zero-order valence-corrected chi connectivity index (χ0v) is 19.3. The van der Waals surface area contributed by atoms with Gasteiger partial charge in [-0.05, 0) is 50.5 Å². The molecule has 1 atom stereocenters.